The van der Waals surface area contributed by atoms with Crippen molar-refractivity contribution in [2.75, 3.05) is 17.0 Å². The van der Waals surface area contributed by atoms with Crippen molar-refractivity contribution in [3.63, 3.8) is 0 Å². The number of hydrogen-bond donors (Lipinski definition) is 0. The molecule has 0 radical (unpaired) electrons. The molecule has 8 heteroatoms. The number of benzene rings is 2. The van der Waals surface area contributed by atoms with Crippen LogP contribution in [0.1, 0.15) is 11.1 Å². The molecular weight excluding hydrogens is 394 g/mol. The van der Waals surface area contributed by atoms with Gasteiger partial charge in [-0.2, -0.15) is 5.10 Å². The third kappa shape index (κ3) is 2.89. The second kappa shape index (κ2) is 7.00. The molecule has 0 saturated carbocycles. The molecule has 0 N–H and O–H groups in total. The van der Waals surface area contributed by atoms with E-state index in [1.54, 1.807) is 37.3 Å². The summed E-state index contributed by atoms with van der Waals surface area (Å²) in [4.78, 5) is 40.0. The molecule has 2 aromatic rings. The first-order valence-corrected chi connectivity index (χ1v) is 9.38. The van der Waals surface area contributed by atoms with E-state index < -0.39 is 29.7 Å². The van der Waals surface area contributed by atoms with E-state index in [1.165, 1.54) is 12.1 Å². The van der Waals surface area contributed by atoms with Gasteiger partial charge in [-0.15, -0.1) is 0 Å². The lowest BCUT2D eigenvalue weighted by atomic mass is 9.97. The minimum Gasteiger partial charge on any atom is -0.464 e. The molecule has 1 fully saturated rings. The van der Waals surface area contributed by atoms with Crippen molar-refractivity contribution < 1.29 is 19.1 Å². The lowest BCUT2D eigenvalue weighted by Crippen LogP contribution is -2.39. The van der Waals surface area contributed by atoms with Crippen LogP contribution in [-0.4, -0.2) is 36.6 Å². The number of fused-ring (bicyclic) bond motifs is 1. The molecule has 148 valence electrons. The van der Waals surface area contributed by atoms with Gasteiger partial charge in [-0.3, -0.25) is 14.6 Å². The average molecular weight is 412 g/mol. The average Bonchev–Trinajstić information content (AvgIpc) is 3.22. The number of hydrazone groups is 1. The number of halogens is 1. The van der Waals surface area contributed by atoms with Gasteiger partial charge < -0.3 is 4.74 Å². The number of ether oxygens (including phenoxy) is 1. The zero-order valence-electron chi connectivity index (χ0n) is 16.0. The van der Waals surface area contributed by atoms with E-state index in [0.717, 1.165) is 10.5 Å². The Morgan fingerprint density at radius 1 is 1.07 bits per heavy atom. The molecule has 2 atom stereocenters. The maximum atomic E-state index is 13.4. The van der Waals surface area contributed by atoms with Crippen LogP contribution in [-0.2, 0) is 19.1 Å². The van der Waals surface area contributed by atoms with Gasteiger partial charge in [-0.05, 0) is 43.7 Å². The van der Waals surface area contributed by atoms with Gasteiger partial charge in [0.25, 0.3) is 5.91 Å². The van der Waals surface area contributed by atoms with Gasteiger partial charge in [0.05, 0.1) is 18.5 Å². The van der Waals surface area contributed by atoms with Crippen molar-refractivity contribution in [1.82, 2.24) is 0 Å². The van der Waals surface area contributed by atoms with Crippen LogP contribution in [0.4, 0.5) is 11.4 Å². The van der Waals surface area contributed by atoms with Crippen molar-refractivity contribution in [2.45, 2.75) is 19.9 Å². The number of esters is 1. The maximum Gasteiger partial charge on any atom is 0.355 e. The van der Waals surface area contributed by atoms with Gasteiger partial charge in [0, 0.05) is 5.02 Å². The predicted molar refractivity (Wildman–Crippen MR) is 109 cm³/mol. The summed E-state index contributed by atoms with van der Waals surface area (Å²) in [5.74, 6) is -2.77. The molecule has 2 aliphatic rings. The Labute approximate surface area is 172 Å². The van der Waals surface area contributed by atoms with Gasteiger partial charge in [0.1, 0.15) is 12.0 Å². The largest absolute Gasteiger partial charge is 0.464 e. The molecule has 1 saturated heterocycles. The Balaban J connectivity index is 1.83. The summed E-state index contributed by atoms with van der Waals surface area (Å²) in [6.45, 7) is 3.67. The number of carbonyl (C=O) groups excluding carboxylic acids is 3. The van der Waals surface area contributed by atoms with Crippen LogP contribution >= 0.6 is 11.6 Å². The Bertz CT molecular complexity index is 1060. The quantitative estimate of drug-likeness (QED) is 0.573. The highest BCUT2D eigenvalue weighted by atomic mass is 35.5. The van der Waals surface area contributed by atoms with Crippen LogP contribution < -0.4 is 9.91 Å². The summed E-state index contributed by atoms with van der Waals surface area (Å²) in [5.41, 5.74) is 2.56. The van der Waals surface area contributed by atoms with E-state index in [4.69, 9.17) is 16.3 Å². The molecule has 7 nitrogen and oxygen atoms in total. The summed E-state index contributed by atoms with van der Waals surface area (Å²) in [7, 11) is 1.22. The molecule has 29 heavy (non-hydrogen) atoms. The molecular formula is C21H18ClN3O4. The van der Waals surface area contributed by atoms with Crippen LogP contribution in [0, 0.1) is 19.8 Å². The van der Waals surface area contributed by atoms with E-state index in [2.05, 4.69) is 5.10 Å². The van der Waals surface area contributed by atoms with Crippen LogP contribution in [0.15, 0.2) is 47.6 Å². The molecule has 0 aromatic heterocycles. The third-order valence-corrected chi connectivity index (χ3v) is 5.63. The SMILES string of the molecule is COC(=O)C1=NN(c2ccc(C)cc2)[C@@H]2C(=O)N(c3cccc(Cl)c3C)C(=O)[C@@H]12. The number of amides is 2. The summed E-state index contributed by atoms with van der Waals surface area (Å²) >= 11 is 6.19. The number of rotatable bonds is 3. The highest BCUT2D eigenvalue weighted by Gasteiger charge is 2.59. The van der Waals surface area contributed by atoms with Gasteiger partial charge in [0.2, 0.25) is 5.91 Å². The second-order valence-electron chi connectivity index (χ2n) is 6.98. The highest BCUT2D eigenvalue weighted by Crippen LogP contribution is 2.39. The number of anilines is 2. The first-order valence-electron chi connectivity index (χ1n) is 9.00. The molecule has 2 amide bonds. The number of carbonyl (C=O) groups is 3. The van der Waals surface area contributed by atoms with Crippen molar-refractivity contribution in [2.24, 2.45) is 11.0 Å². The lowest BCUT2D eigenvalue weighted by molar-refractivity contribution is -0.133. The Morgan fingerprint density at radius 2 is 1.76 bits per heavy atom. The van der Waals surface area contributed by atoms with Crippen LogP contribution in [0.25, 0.3) is 0 Å². The Kier molecular flexibility index (Phi) is 4.62. The highest BCUT2D eigenvalue weighted by molar-refractivity contribution is 6.47. The van der Waals surface area contributed by atoms with Gasteiger partial charge in [0.15, 0.2) is 5.71 Å². The lowest BCUT2D eigenvalue weighted by Gasteiger charge is -2.23. The number of imide groups is 1. The molecule has 4 rings (SSSR count). The fraction of sp³-hybridized carbons (Fsp3) is 0.238. The summed E-state index contributed by atoms with van der Waals surface area (Å²) in [6, 6.07) is 11.4. The number of nitrogens with zero attached hydrogens (tertiary/aromatic N) is 3. The van der Waals surface area contributed by atoms with Gasteiger partial charge in [-0.1, -0.05) is 35.4 Å². The van der Waals surface area contributed by atoms with E-state index in [0.29, 0.717) is 22.0 Å². The zero-order chi connectivity index (χ0) is 20.9. The first-order chi connectivity index (χ1) is 13.8. The van der Waals surface area contributed by atoms with E-state index in [9.17, 15) is 14.4 Å². The normalized spacial score (nSPS) is 20.8. The monoisotopic (exact) mass is 411 g/mol. The van der Waals surface area contributed by atoms with Crippen molar-refractivity contribution in [3.05, 3.63) is 58.6 Å². The fourth-order valence-corrected chi connectivity index (χ4v) is 3.84. The molecule has 2 aromatic carbocycles. The van der Waals surface area contributed by atoms with Crippen LogP contribution in [0.5, 0.6) is 0 Å². The standard InChI is InChI=1S/C21H18ClN3O4/c1-11-7-9-13(10-8-11)25-18-16(17(23-25)21(28)29-3)19(26)24(20(18)27)15-6-4-5-14(22)12(15)2/h4-10,16,18H,1-3H3/t16-,18-/m0/s1. The van der Waals surface area contributed by atoms with Gasteiger partial charge in [-0.25, -0.2) is 9.69 Å². The predicted octanol–water partition coefficient (Wildman–Crippen LogP) is 2.86. The van der Waals surface area contributed by atoms with Crippen LogP contribution in [0.3, 0.4) is 0 Å². The topological polar surface area (TPSA) is 79.3 Å². The molecule has 0 unspecified atom stereocenters. The van der Waals surface area contributed by atoms with Gasteiger partial charge >= 0.3 is 5.97 Å². The summed E-state index contributed by atoms with van der Waals surface area (Å²) in [5, 5.41) is 6.16. The number of aryl methyl sites for hydroxylation is 1. The van der Waals surface area contributed by atoms with E-state index in [-0.39, 0.29) is 5.71 Å². The van der Waals surface area contributed by atoms with E-state index >= 15 is 0 Å². The summed E-state index contributed by atoms with van der Waals surface area (Å²) in [6.07, 6.45) is 0. The number of methoxy groups -OCH3 is 1. The van der Waals surface area contributed by atoms with Crippen molar-refractivity contribution in [1.29, 1.82) is 0 Å². The summed E-state index contributed by atoms with van der Waals surface area (Å²) < 4.78 is 4.81. The molecule has 0 aliphatic carbocycles. The third-order valence-electron chi connectivity index (χ3n) is 5.22. The maximum absolute atomic E-state index is 13.4. The molecule has 0 bridgehead atoms. The molecule has 2 heterocycles. The molecule has 0 spiro atoms. The molecule has 2 aliphatic heterocycles. The fourth-order valence-electron chi connectivity index (χ4n) is 3.67. The zero-order valence-corrected chi connectivity index (χ0v) is 16.8. The minimum absolute atomic E-state index is 0.0846. The Hall–Kier alpha value is -3.19. The minimum atomic E-state index is -1.05. The Morgan fingerprint density at radius 3 is 2.41 bits per heavy atom. The van der Waals surface area contributed by atoms with E-state index in [1.807, 2.05) is 19.1 Å². The second-order valence-corrected chi connectivity index (χ2v) is 7.38. The van der Waals surface area contributed by atoms with Crippen LogP contribution in [0.2, 0.25) is 5.02 Å². The number of hydrogen-bond acceptors (Lipinski definition) is 6. The van der Waals surface area contributed by atoms with Crippen molar-refractivity contribution >= 4 is 46.5 Å². The van der Waals surface area contributed by atoms with Crippen molar-refractivity contribution in [3.8, 4) is 0 Å². The first kappa shape index (κ1) is 19.1. The smallest absolute Gasteiger partial charge is 0.355 e.